The number of rotatable bonds is 12. The summed E-state index contributed by atoms with van der Waals surface area (Å²) in [6, 6.07) is 19.7. The molecule has 0 aromatic heterocycles. The minimum absolute atomic E-state index is 0.0136. The quantitative estimate of drug-likeness (QED) is 0.345. The molecule has 0 bridgehead atoms. The van der Waals surface area contributed by atoms with Gasteiger partial charge in [0.15, 0.2) is 0 Å². The molecule has 3 aromatic carbocycles. The van der Waals surface area contributed by atoms with Gasteiger partial charge >= 0.3 is 0 Å². The normalized spacial score (nSPS) is 12.2. The van der Waals surface area contributed by atoms with E-state index in [0.29, 0.717) is 29.8 Å². The number of nitrogens with zero attached hydrogens (tertiary/aromatic N) is 2. The van der Waals surface area contributed by atoms with Gasteiger partial charge in [0.2, 0.25) is 11.8 Å². The topological polar surface area (TPSA) is 86.8 Å². The molecular formula is C30H36FN3O4S. The Hall–Kier alpha value is -3.72. The number of carbonyl (C=O) groups is 2. The Morgan fingerprint density at radius 1 is 0.923 bits per heavy atom. The number of sulfonamides is 1. The summed E-state index contributed by atoms with van der Waals surface area (Å²) < 4.78 is 42.3. The van der Waals surface area contributed by atoms with E-state index >= 15 is 0 Å². The number of para-hydroxylation sites is 1. The molecule has 39 heavy (non-hydrogen) atoms. The highest BCUT2D eigenvalue weighted by molar-refractivity contribution is 7.92. The molecule has 0 aliphatic rings. The third kappa shape index (κ3) is 7.66. The van der Waals surface area contributed by atoms with E-state index in [9.17, 15) is 22.4 Å². The number of benzene rings is 3. The summed E-state index contributed by atoms with van der Waals surface area (Å²) in [5, 5.41) is 2.89. The van der Waals surface area contributed by atoms with Crippen LogP contribution in [0.3, 0.4) is 0 Å². The van der Waals surface area contributed by atoms with Crippen LogP contribution in [0.25, 0.3) is 0 Å². The molecule has 1 atom stereocenters. The van der Waals surface area contributed by atoms with Crippen LogP contribution < -0.4 is 9.62 Å². The van der Waals surface area contributed by atoms with Gasteiger partial charge in [0.25, 0.3) is 10.0 Å². The van der Waals surface area contributed by atoms with E-state index < -0.39 is 34.3 Å². The first-order valence-electron chi connectivity index (χ1n) is 13.0. The zero-order valence-electron chi connectivity index (χ0n) is 22.8. The Balaban J connectivity index is 2.04. The minimum Gasteiger partial charge on any atom is -0.354 e. The van der Waals surface area contributed by atoms with Crippen LogP contribution in [0.4, 0.5) is 10.1 Å². The lowest BCUT2D eigenvalue weighted by Gasteiger charge is -2.33. The van der Waals surface area contributed by atoms with Crippen LogP contribution in [-0.2, 0) is 26.2 Å². The maximum atomic E-state index is 14.0. The number of carbonyl (C=O) groups excluding carboxylic acids is 2. The lowest BCUT2D eigenvalue weighted by Crippen LogP contribution is -2.52. The van der Waals surface area contributed by atoms with Crippen molar-refractivity contribution in [3.63, 3.8) is 0 Å². The molecule has 2 amide bonds. The number of aryl methyl sites for hydroxylation is 1. The van der Waals surface area contributed by atoms with Crippen molar-refractivity contribution in [1.82, 2.24) is 10.2 Å². The van der Waals surface area contributed by atoms with Gasteiger partial charge in [-0.05, 0) is 60.7 Å². The summed E-state index contributed by atoms with van der Waals surface area (Å²) >= 11 is 0. The molecule has 0 saturated heterocycles. The van der Waals surface area contributed by atoms with Crippen molar-refractivity contribution in [3.05, 3.63) is 95.8 Å². The summed E-state index contributed by atoms with van der Waals surface area (Å²) in [7, 11) is -4.12. The van der Waals surface area contributed by atoms with Crippen LogP contribution in [0.2, 0.25) is 0 Å². The summed E-state index contributed by atoms with van der Waals surface area (Å²) in [6.07, 6.45) is 0.312. The zero-order chi connectivity index (χ0) is 28.6. The Morgan fingerprint density at radius 3 is 2.13 bits per heavy atom. The first-order chi connectivity index (χ1) is 18.5. The number of hydrogen-bond acceptors (Lipinski definition) is 4. The van der Waals surface area contributed by atoms with E-state index in [1.54, 1.807) is 68.4 Å². The maximum Gasteiger partial charge on any atom is 0.264 e. The van der Waals surface area contributed by atoms with E-state index in [4.69, 9.17) is 0 Å². The highest BCUT2D eigenvalue weighted by Crippen LogP contribution is 2.27. The minimum atomic E-state index is -4.12. The second kappa shape index (κ2) is 13.4. The van der Waals surface area contributed by atoms with Crippen molar-refractivity contribution in [2.45, 2.75) is 51.6 Å². The molecule has 9 heteroatoms. The molecule has 7 nitrogen and oxygen atoms in total. The largest absolute Gasteiger partial charge is 0.354 e. The van der Waals surface area contributed by atoms with Crippen LogP contribution in [0, 0.1) is 18.7 Å². The number of halogens is 1. The number of amides is 2. The average molecular weight is 554 g/mol. The van der Waals surface area contributed by atoms with E-state index in [2.05, 4.69) is 5.32 Å². The van der Waals surface area contributed by atoms with Gasteiger partial charge in [-0.2, -0.15) is 0 Å². The molecule has 1 N–H and O–H groups in total. The summed E-state index contributed by atoms with van der Waals surface area (Å²) in [4.78, 5) is 28.6. The third-order valence-electron chi connectivity index (χ3n) is 6.33. The molecular weight excluding hydrogens is 517 g/mol. The molecule has 0 heterocycles. The van der Waals surface area contributed by atoms with E-state index in [-0.39, 0.29) is 23.3 Å². The van der Waals surface area contributed by atoms with Gasteiger partial charge < -0.3 is 10.2 Å². The van der Waals surface area contributed by atoms with Crippen molar-refractivity contribution in [1.29, 1.82) is 0 Å². The fourth-order valence-electron chi connectivity index (χ4n) is 4.20. The van der Waals surface area contributed by atoms with Crippen molar-refractivity contribution in [2.75, 3.05) is 17.4 Å². The van der Waals surface area contributed by atoms with Crippen molar-refractivity contribution >= 4 is 27.5 Å². The lowest BCUT2D eigenvalue weighted by atomic mass is 10.1. The standard InChI is InChI=1S/C30H36FN3O4S/c1-5-27(30(36)32-19-22(2)3)33(20-24-15-17-25(31)18-16-24)29(35)21-34(28-14-10-9-11-23(28)4)39(37,38)26-12-7-6-8-13-26/h6-18,22,27H,5,19-21H2,1-4H3,(H,32,36). The van der Waals surface area contributed by atoms with Crippen LogP contribution in [0.1, 0.15) is 38.3 Å². The predicted molar refractivity (Wildman–Crippen MR) is 151 cm³/mol. The number of hydrogen-bond donors (Lipinski definition) is 1. The monoisotopic (exact) mass is 553 g/mol. The summed E-state index contributed by atoms with van der Waals surface area (Å²) in [5.74, 6) is -1.08. The smallest absolute Gasteiger partial charge is 0.264 e. The van der Waals surface area contributed by atoms with Gasteiger partial charge in [0.05, 0.1) is 10.6 Å². The lowest BCUT2D eigenvalue weighted by molar-refractivity contribution is -0.140. The van der Waals surface area contributed by atoms with Gasteiger partial charge in [-0.3, -0.25) is 13.9 Å². The van der Waals surface area contributed by atoms with Gasteiger partial charge in [-0.1, -0.05) is 69.3 Å². The molecule has 0 aliphatic heterocycles. The van der Waals surface area contributed by atoms with Gasteiger partial charge in [-0.25, -0.2) is 12.8 Å². The molecule has 0 spiro atoms. The molecule has 0 fully saturated rings. The Morgan fingerprint density at radius 2 is 1.54 bits per heavy atom. The second-order valence-corrected chi connectivity index (χ2v) is 11.7. The number of nitrogens with one attached hydrogen (secondary N) is 1. The molecule has 0 aliphatic carbocycles. The van der Waals surface area contributed by atoms with Crippen molar-refractivity contribution in [2.24, 2.45) is 5.92 Å². The molecule has 3 aromatic rings. The summed E-state index contributed by atoms with van der Waals surface area (Å²) in [6.45, 7) is 7.44. The highest BCUT2D eigenvalue weighted by Gasteiger charge is 2.34. The van der Waals surface area contributed by atoms with Crippen LogP contribution >= 0.6 is 0 Å². The van der Waals surface area contributed by atoms with E-state index in [0.717, 1.165) is 4.31 Å². The average Bonchev–Trinajstić information content (AvgIpc) is 2.92. The van der Waals surface area contributed by atoms with Gasteiger partial charge in [0.1, 0.15) is 18.4 Å². The Kier molecular flexibility index (Phi) is 10.2. The zero-order valence-corrected chi connectivity index (χ0v) is 23.6. The van der Waals surface area contributed by atoms with Gasteiger partial charge in [0, 0.05) is 13.1 Å². The molecule has 0 radical (unpaired) electrons. The highest BCUT2D eigenvalue weighted by atomic mass is 32.2. The van der Waals surface area contributed by atoms with Gasteiger partial charge in [-0.15, -0.1) is 0 Å². The maximum absolute atomic E-state index is 14.0. The first kappa shape index (κ1) is 29.8. The molecule has 1 unspecified atom stereocenters. The van der Waals surface area contributed by atoms with E-state index in [1.165, 1.54) is 29.2 Å². The van der Waals surface area contributed by atoms with Crippen LogP contribution in [0.5, 0.6) is 0 Å². The summed E-state index contributed by atoms with van der Waals surface area (Å²) in [5.41, 5.74) is 1.67. The molecule has 0 saturated carbocycles. The first-order valence-corrected chi connectivity index (χ1v) is 14.4. The predicted octanol–water partition coefficient (Wildman–Crippen LogP) is 4.91. The van der Waals surface area contributed by atoms with E-state index in [1.807, 2.05) is 13.8 Å². The fraction of sp³-hybridized carbons (Fsp3) is 0.333. The Bertz CT molecular complexity index is 1360. The number of anilines is 1. The SMILES string of the molecule is CCC(C(=O)NCC(C)C)N(Cc1ccc(F)cc1)C(=O)CN(c1ccccc1C)S(=O)(=O)c1ccccc1. The third-order valence-corrected chi connectivity index (χ3v) is 8.10. The van der Waals surface area contributed by atoms with Crippen molar-refractivity contribution in [3.8, 4) is 0 Å². The fourth-order valence-corrected chi connectivity index (χ4v) is 5.70. The second-order valence-electron chi connectivity index (χ2n) is 9.82. The van der Waals surface area contributed by atoms with Crippen LogP contribution in [-0.4, -0.2) is 44.3 Å². The molecule has 208 valence electrons. The van der Waals surface area contributed by atoms with Crippen LogP contribution in [0.15, 0.2) is 83.8 Å². The Labute approximate surface area is 230 Å². The molecule has 3 rings (SSSR count). The van der Waals surface area contributed by atoms with Crippen molar-refractivity contribution < 1.29 is 22.4 Å².